The van der Waals surface area contributed by atoms with Gasteiger partial charge in [0.2, 0.25) is 5.91 Å². The normalized spacial score (nSPS) is 9.80. The molecule has 0 atom stereocenters. The predicted octanol–water partition coefficient (Wildman–Crippen LogP) is 0.434. The molecule has 0 unspecified atom stereocenters. The zero-order valence-corrected chi connectivity index (χ0v) is 5.96. The molecule has 1 heterocycles. The van der Waals surface area contributed by atoms with Crippen molar-refractivity contribution in [3.63, 3.8) is 0 Å². The summed E-state index contributed by atoms with van der Waals surface area (Å²) in [5.74, 6) is 0.232. The first-order valence-corrected chi connectivity index (χ1v) is 2.94. The van der Waals surface area contributed by atoms with Crippen LogP contribution in [0.3, 0.4) is 0 Å². The molecule has 0 aliphatic heterocycles. The highest BCUT2D eigenvalue weighted by Gasteiger charge is 2.03. The van der Waals surface area contributed by atoms with Gasteiger partial charge in [0.05, 0.1) is 5.69 Å². The van der Waals surface area contributed by atoms with E-state index in [0.717, 1.165) is 5.69 Å². The number of aryl methyl sites for hydroxylation is 1. The van der Waals surface area contributed by atoms with E-state index in [0.29, 0.717) is 5.82 Å². The van der Waals surface area contributed by atoms with Gasteiger partial charge in [0.25, 0.3) is 0 Å². The van der Waals surface area contributed by atoms with E-state index < -0.39 is 0 Å². The Hall–Kier alpha value is -1.32. The third-order valence-electron chi connectivity index (χ3n) is 1.16. The lowest BCUT2D eigenvalue weighted by molar-refractivity contribution is 0.0924. The smallest absolute Gasteiger partial charge is 0.245 e. The summed E-state index contributed by atoms with van der Waals surface area (Å²) in [6.45, 7) is 3.21. The van der Waals surface area contributed by atoms with Crippen LogP contribution >= 0.6 is 0 Å². The molecule has 0 aliphatic rings. The fraction of sp³-hybridized carbons (Fsp3) is 0.333. The maximum atomic E-state index is 10.7. The average molecular weight is 139 g/mol. The van der Waals surface area contributed by atoms with Gasteiger partial charge in [0, 0.05) is 13.0 Å². The van der Waals surface area contributed by atoms with E-state index in [2.05, 4.69) is 5.10 Å². The van der Waals surface area contributed by atoms with Crippen molar-refractivity contribution in [2.75, 3.05) is 5.73 Å². The van der Waals surface area contributed by atoms with Crippen LogP contribution < -0.4 is 5.73 Å². The molecule has 54 valence electrons. The number of hydrogen-bond donors (Lipinski definition) is 1. The number of anilines is 1. The van der Waals surface area contributed by atoms with Crippen LogP contribution in [-0.2, 0) is 0 Å². The minimum absolute atomic E-state index is 0.161. The molecule has 0 amide bonds. The van der Waals surface area contributed by atoms with Crippen LogP contribution in [0.1, 0.15) is 17.4 Å². The molecule has 0 fully saturated rings. The van der Waals surface area contributed by atoms with Crippen LogP contribution in [0.4, 0.5) is 5.82 Å². The fourth-order valence-electron chi connectivity index (χ4n) is 0.772. The summed E-state index contributed by atoms with van der Waals surface area (Å²) in [6.07, 6.45) is 0. The molecule has 0 bridgehead atoms. The Kier molecular flexibility index (Phi) is 1.45. The topological polar surface area (TPSA) is 60.9 Å². The Morgan fingerprint density at radius 2 is 2.40 bits per heavy atom. The second kappa shape index (κ2) is 2.13. The van der Waals surface area contributed by atoms with E-state index in [1.165, 1.54) is 11.6 Å². The fourth-order valence-corrected chi connectivity index (χ4v) is 0.772. The molecule has 1 rings (SSSR count). The van der Waals surface area contributed by atoms with Crippen LogP contribution in [0.5, 0.6) is 0 Å². The Morgan fingerprint density at radius 3 is 2.60 bits per heavy atom. The van der Waals surface area contributed by atoms with E-state index in [1.807, 2.05) is 0 Å². The maximum absolute atomic E-state index is 10.7. The first-order valence-electron chi connectivity index (χ1n) is 2.94. The maximum Gasteiger partial charge on any atom is 0.245 e. The van der Waals surface area contributed by atoms with Crippen molar-refractivity contribution in [2.45, 2.75) is 13.8 Å². The number of carbonyl (C=O) groups is 1. The number of nitrogen functional groups attached to an aromatic ring is 1. The summed E-state index contributed by atoms with van der Waals surface area (Å²) < 4.78 is 1.18. The van der Waals surface area contributed by atoms with Crippen LogP contribution in [0.2, 0.25) is 0 Å². The second-order valence-electron chi connectivity index (χ2n) is 2.14. The van der Waals surface area contributed by atoms with Gasteiger partial charge in [0.1, 0.15) is 5.82 Å². The number of carbonyl (C=O) groups excluding carboxylic acids is 1. The van der Waals surface area contributed by atoms with Crippen LogP contribution in [0, 0.1) is 6.92 Å². The van der Waals surface area contributed by atoms with Gasteiger partial charge in [-0.2, -0.15) is 9.78 Å². The third-order valence-corrected chi connectivity index (χ3v) is 1.16. The van der Waals surface area contributed by atoms with Gasteiger partial charge in [-0.05, 0) is 6.92 Å². The van der Waals surface area contributed by atoms with Crippen molar-refractivity contribution >= 4 is 11.7 Å². The van der Waals surface area contributed by atoms with Gasteiger partial charge in [-0.3, -0.25) is 4.79 Å². The zero-order chi connectivity index (χ0) is 7.72. The van der Waals surface area contributed by atoms with Gasteiger partial charge in [-0.15, -0.1) is 0 Å². The van der Waals surface area contributed by atoms with E-state index in [4.69, 9.17) is 5.73 Å². The molecule has 1 aromatic rings. The van der Waals surface area contributed by atoms with E-state index >= 15 is 0 Å². The Morgan fingerprint density at radius 1 is 1.80 bits per heavy atom. The van der Waals surface area contributed by atoms with E-state index in [1.54, 1.807) is 13.0 Å². The zero-order valence-electron chi connectivity index (χ0n) is 5.96. The standard InChI is InChI=1S/C6H9N3O/c1-4-3-6(7)9(8-4)5(2)10/h3H,7H2,1-2H3. The Labute approximate surface area is 58.6 Å². The minimum Gasteiger partial charge on any atom is -0.383 e. The molecule has 0 saturated carbocycles. The van der Waals surface area contributed by atoms with Gasteiger partial charge < -0.3 is 5.73 Å². The SMILES string of the molecule is CC(=O)n1nc(C)cc1N. The van der Waals surface area contributed by atoms with Crippen molar-refractivity contribution in [1.29, 1.82) is 0 Å². The summed E-state index contributed by atoms with van der Waals surface area (Å²) in [4.78, 5) is 10.7. The molecule has 0 radical (unpaired) electrons. The molecule has 1 aromatic heterocycles. The molecule has 4 nitrogen and oxygen atoms in total. The number of aromatic nitrogens is 2. The highest BCUT2D eigenvalue weighted by molar-refractivity contribution is 5.78. The van der Waals surface area contributed by atoms with Crippen molar-refractivity contribution in [1.82, 2.24) is 9.78 Å². The van der Waals surface area contributed by atoms with Gasteiger partial charge in [-0.25, -0.2) is 0 Å². The Bertz CT molecular complexity index is 264. The molecular weight excluding hydrogens is 130 g/mol. The number of rotatable bonds is 0. The lowest BCUT2D eigenvalue weighted by atomic mass is 10.5. The molecule has 0 aromatic carbocycles. The van der Waals surface area contributed by atoms with E-state index in [9.17, 15) is 4.79 Å². The van der Waals surface area contributed by atoms with Crippen molar-refractivity contribution in [2.24, 2.45) is 0 Å². The number of hydrogen-bond acceptors (Lipinski definition) is 3. The molecule has 0 saturated heterocycles. The highest BCUT2D eigenvalue weighted by atomic mass is 16.2. The minimum atomic E-state index is -0.161. The van der Waals surface area contributed by atoms with Crippen molar-refractivity contribution in [3.8, 4) is 0 Å². The first kappa shape index (κ1) is 6.80. The molecule has 0 spiro atoms. The molecule has 0 aliphatic carbocycles. The second-order valence-corrected chi connectivity index (χ2v) is 2.14. The van der Waals surface area contributed by atoms with Crippen molar-refractivity contribution in [3.05, 3.63) is 11.8 Å². The summed E-state index contributed by atoms with van der Waals surface area (Å²) >= 11 is 0. The average Bonchev–Trinajstić information content (AvgIpc) is 2.10. The Balaban J connectivity index is 3.15. The first-order chi connectivity index (χ1) is 4.61. The third kappa shape index (κ3) is 1.00. The molecule has 10 heavy (non-hydrogen) atoms. The largest absolute Gasteiger partial charge is 0.383 e. The monoisotopic (exact) mass is 139 g/mol. The lowest BCUT2D eigenvalue weighted by Gasteiger charge is -1.93. The van der Waals surface area contributed by atoms with Gasteiger partial charge in [-0.1, -0.05) is 0 Å². The van der Waals surface area contributed by atoms with E-state index in [-0.39, 0.29) is 5.91 Å². The number of nitrogens with two attached hydrogens (primary N) is 1. The predicted molar refractivity (Wildman–Crippen MR) is 37.7 cm³/mol. The summed E-state index contributed by atoms with van der Waals surface area (Å²) in [6, 6.07) is 1.65. The van der Waals surface area contributed by atoms with Gasteiger partial charge >= 0.3 is 0 Å². The highest BCUT2D eigenvalue weighted by Crippen LogP contribution is 2.03. The molecule has 4 heteroatoms. The molecular formula is C6H9N3O. The summed E-state index contributed by atoms with van der Waals surface area (Å²) in [5.41, 5.74) is 6.18. The van der Waals surface area contributed by atoms with Crippen LogP contribution in [0.25, 0.3) is 0 Å². The lowest BCUT2D eigenvalue weighted by Crippen LogP contribution is -2.10. The van der Waals surface area contributed by atoms with Crippen LogP contribution in [-0.4, -0.2) is 15.7 Å². The van der Waals surface area contributed by atoms with Crippen LogP contribution in [0.15, 0.2) is 6.07 Å². The van der Waals surface area contributed by atoms with Gasteiger partial charge in [0.15, 0.2) is 0 Å². The molecule has 2 N–H and O–H groups in total. The number of nitrogens with zero attached hydrogens (tertiary/aromatic N) is 2. The summed E-state index contributed by atoms with van der Waals surface area (Å²) in [7, 11) is 0. The van der Waals surface area contributed by atoms with Crippen molar-refractivity contribution < 1.29 is 4.79 Å². The quantitative estimate of drug-likeness (QED) is 0.567. The summed E-state index contributed by atoms with van der Waals surface area (Å²) in [5, 5.41) is 3.85.